The quantitative estimate of drug-likeness (QED) is 0.706. The minimum atomic E-state index is 0.0670. The summed E-state index contributed by atoms with van der Waals surface area (Å²) >= 11 is 5.82. The fraction of sp³-hybridized carbons (Fsp3) is 0. The molecule has 0 atom stereocenters. The van der Waals surface area contributed by atoms with Crippen LogP contribution in [-0.2, 0) is 0 Å². The Morgan fingerprint density at radius 3 is 2.72 bits per heavy atom. The first-order chi connectivity index (χ1) is 8.66. The fourth-order valence-corrected chi connectivity index (χ4v) is 2.15. The Morgan fingerprint density at radius 2 is 1.94 bits per heavy atom. The van der Waals surface area contributed by atoms with Crippen LogP contribution < -0.4 is 5.73 Å². The van der Waals surface area contributed by atoms with Crippen LogP contribution in [0.25, 0.3) is 16.7 Å². The molecule has 1 aromatic heterocycles. The molecule has 3 N–H and O–H groups in total. The highest BCUT2D eigenvalue weighted by atomic mass is 35.5. The number of aromatic hydroxyl groups is 1. The summed E-state index contributed by atoms with van der Waals surface area (Å²) < 4.78 is 1.70. The summed E-state index contributed by atoms with van der Waals surface area (Å²) in [6.07, 6.45) is 0. The standard InChI is InChI=1S/C13H10ClN3O/c14-8-5-6-11(12(18)7-8)17-10-4-2-1-3-9(10)16-13(17)15/h1-7,18H,(H2,15,16). The van der Waals surface area contributed by atoms with Crippen LogP contribution in [0.2, 0.25) is 5.02 Å². The first kappa shape index (κ1) is 10.9. The lowest BCUT2D eigenvalue weighted by Crippen LogP contribution is -2.00. The lowest BCUT2D eigenvalue weighted by molar-refractivity contribution is 0.473. The van der Waals surface area contributed by atoms with Crippen molar-refractivity contribution in [1.29, 1.82) is 0 Å². The SMILES string of the molecule is Nc1nc2ccccc2n1-c1ccc(Cl)cc1O. The van der Waals surface area contributed by atoms with Crippen molar-refractivity contribution in [2.24, 2.45) is 0 Å². The largest absolute Gasteiger partial charge is 0.506 e. The summed E-state index contributed by atoms with van der Waals surface area (Å²) in [5.74, 6) is 0.395. The number of aromatic nitrogens is 2. The van der Waals surface area contributed by atoms with Crippen LogP contribution in [0.5, 0.6) is 5.75 Å². The summed E-state index contributed by atoms with van der Waals surface area (Å²) in [4.78, 5) is 4.25. The maximum atomic E-state index is 9.96. The number of nitrogens with two attached hydrogens (primary N) is 1. The van der Waals surface area contributed by atoms with Crippen LogP contribution in [-0.4, -0.2) is 14.7 Å². The number of fused-ring (bicyclic) bond motifs is 1. The molecule has 1 heterocycles. The van der Waals surface area contributed by atoms with Crippen molar-refractivity contribution in [1.82, 2.24) is 9.55 Å². The van der Waals surface area contributed by atoms with Gasteiger partial charge < -0.3 is 10.8 Å². The number of phenols is 1. The van der Waals surface area contributed by atoms with Gasteiger partial charge in [-0.1, -0.05) is 23.7 Å². The van der Waals surface area contributed by atoms with E-state index in [1.807, 2.05) is 24.3 Å². The van der Waals surface area contributed by atoms with Gasteiger partial charge in [-0.05, 0) is 24.3 Å². The average Bonchev–Trinajstić information content (AvgIpc) is 2.66. The van der Waals surface area contributed by atoms with Gasteiger partial charge in [0.25, 0.3) is 0 Å². The normalized spacial score (nSPS) is 10.9. The third-order valence-corrected chi connectivity index (χ3v) is 3.00. The summed E-state index contributed by atoms with van der Waals surface area (Å²) in [6, 6.07) is 12.4. The number of para-hydroxylation sites is 2. The number of hydrogen-bond donors (Lipinski definition) is 2. The van der Waals surface area contributed by atoms with Crippen LogP contribution in [0.1, 0.15) is 0 Å². The van der Waals surface area contributed by atoms with E-state index in [1.54, 1.807) is 16.7 Å². The second kappa shape index (κ2) is 3.92. The molecule has 0 aliphatic rings. The number of phenolic OH excluding ortho intramolecular Hbond substituents is 1. The van der Waals surface area contributed by atoms with Crippen molar-refractivity contribution in [2.45, 2.75) is 0 Å². The number of benzene rings is 2. The number of nitrogens with zero attached hydrogens (tertiary/aromatic N) is 2. The van der Waals surface area contributed by atoms with Crippen molar-refractivity contribution in [3.05, 3.63) is 47.5 Å². The molecule has 0 aliphatic heterocycles. The lowest BCUT2D eigenvalue weighted by Gasteiger charge is -2.08. The Morgan fingerprint density at radius 1 is 1.17 bits per heavy atom. The molecular weight excluding hydrogens is 250 g/mol. The third kappa shape index (κ3) is 1.58. The zero-order chi connectivity index (χ0) is 12.7. The number of imidazole rings is 1. The van der Waals surface area contributed by atoms with E-state index in [-0.39, 0.29) is 5.75 Å². The van der Waals surface area contributed by atoms with Gasteiger partial charge in [0.2, 0.25) is 5.95 Å². The number of halogens is 1. The van der Waals surface area contributed by atoms with Crippen molar-refractivity contribution >= 4 is 28.6 Å². The van der Waals surface area contributed by atoms with Crippen molar-refractivity contribution in [2.75, 3.05) is 5.73 Å². The molecule has 3 aromatic rings. The highest BCUT2D eigenvalue weighted by molar-refractivity contribution is 6.30. The molecule has 2 aromatic carbocycles. The van der Waals surface area contributed by atoms with Gasteiger partial charge in [-0.25, -0.2) is 4.98 Å². The Bertz CT molecular complexity index is 736. The minimum absolute atomic E-state index is 0.0670. The summed E-state index contributed by atoms with van der Waals surface area (Å²) in [5.41, 5.74) is 8.08. The smallest absolute Gasteiger partial charge is 0.206 e. The van der Waals surface area contributed by atoms with Crippen molar-refractivity contribution < 1.29 is 5.11 Å². The van der Waals surface area contributed by atoms with Crippen LogP contribution in [0, 0.1) is 0 Å². The highest BCUT2D eigenvalue weighted by Gasteiger charge is 2.12. The van der Waals surface area contributed by atoms with E-state index in [9.17, 15) is 5.11 Å². The van der Waals surface area contributed by atoms with E-state index in [1.165, 1.54) is 6.07 Å². The molecule has 0 aliphatic carbocycles. The molecule has 0 saturated heterocycles. The molecule has 0 spiro atoms. The molecule has 3 rings (SSSR count). The molecule has 0 bridgehead atoms. The van der Waals surface area contributed by atoms with Gasteiger partial charge in [0.05, 0.1) is 16.7 Å². The van der Waals surface area contributed by atoms with Crippen LogP contribution in [0.4, 0.5) is 5.95 Å². The maximum Gasteiger partial charge on any atom is 0.206 e. The fourth-order valence-electron chi connectivity index (χ4n) is 1.98. The Balaban J connectivity index is 2.34. The van der Waals surface area contributed by atoms with Gasteiger partial charge in [-0.3, -0.25) is 4.57 Å². The van der Waals surface area contributed by atoms with E-state index < -0.39 is 0 Å². The monoisotopic (exact) mass is 259 g/mol. The summed E-state index contributed by atoms with van der Waals surface area (Å²) in [5, 5.41) is 10.4. The van der Waals surface area contributed by atoms with Crippen molar-refractivity contribution in [3.8, 4) is 11.4 Å². The topological polar surface area (TPSA) is 64.1 Å². The van der Waals surface area contributed by atoms with Gasteiger partial charge in [0.1, 0.15) is 5.75 Å². The van der Waals surface area contributed by atoms with Gasteiger partial charge in [0.15, 0.2) is 0 Å². The van der Waals surface area contributed by atoms with Crippen LogP contribution >= 0.6 is 11.6 Å². The van der Waals surface area contributed by atoms with E-state index in [0.29, 0.717) is 16.7 Å². The number of nitrogen functional groups attached to an aromatic ring is 1. The number of rotatable bonds is 1. The summed E-state index contributed by atoms with van der Waals surface area (Å²) in [7, 11) is 0. The molecule has 18 heavy (non-hydrogen) atoms. The molecule has 0 unspecified atom stereocenters. The first-order valence-corrected chi connectivity index (χ1v) is 5.76. The molecule has 5 heteroatoms. The van der Waals surface area contributed by atoms with E-state index in [0.717, 1.165) is 11.0 Å². The molecule has 0 amide bonds. The molecule has 4 nitrogen and oxygen atoms in total. The van der Waals surface area contributed by atoms with Crippen LogP contribution in [0.15, 0.2) is 42.5 Å². The molecule has 0 radical (unpaired) electrons. The average molecular weight is 260 g/mol. The zero-order valence-corrected chi connectivity index (χ0v) is 10.1. The van der Waals surface area contributed by atoms with Gasteiger partial charge in [-0.2, -0.15) is 0 Å². The Hall–Kier alpha value is -2.20. The second-order valence-electron chi connectivity index (χ2n) is 3.93. The minimum Gasteiger partial charge on any atom is -0.506 e. The van der Waals surface area contributed by atoms with Gasteiger partial charge >= 0.3 is 0 Å². The van der Waals surface area contributed by atoms with Gasteiger partial charge in [-0.15, -0.1) is 0 Å². The third-order valence-electron chi connectivity index (χ3n) is 2.77. The van der Waals surface area contributed by atoms with E-state index in [4.69, 9.17) is 17.3 Å². The number of anilines is 1. The highest BCUT2D eigenvalue weighted by Crippen LogP contribution is 2.30. The predicted octanol–water partition coefficient (Wildman–Crippen LogP) is 2.97. The first-order valence-electron chi connectivity index (χ1n) is 5.38. The maximum absolute atomic E-state index is 9.96. The molecule has 90 valence electrons. The van der Waals surface area contributed by atoms with Crippen LogP contribution in [0.3, 0.4) is 0 Å². The molecule has 0 fully saturated rings. The zero-order valence-electron chi connectivity index (χ0n) is 9.34. The van der Waals surface area contributed by atoms with Crippen molar-refractivity contribution in [3.63, 3.8) is 0 Å². The Kier molecular flexibility index (Phi) is 2.38. The van der Waals surface area contributed by atoms with E-state index in [2.05, 4.69) is 4.98 Å². The Labute approximate surface area is 108 Å². The van der Waals surface area contributed by atoms with E-state index >= 15 is 0 Å². The summed E-state index contributed by atoms with van der Waals surface area (Å²) in [6.45, 7) is 0. The lowest BCUT2D eigenvalue weighted by atomic mass is 10.2. The number of hydrogen-bond acceptors (Lipinski definition) is 3. The second-order valence-corrected chi connectivity index (χ2v) is 4.36. The van der Waals surface area contributed by atoms with Gasteiger partial charge in [0, 0.05) is 11.1 Å². The molecular formula is C13H10ClN3O. The molecule has 0 saturated carbocycles. The predicted molar refractivity (Wildman–Crippen MR) is 72.2 cm³/mol.